The third kappa shape index (κ3) is 0.885. The molecule has 2 rings (SSSR count). The Labute approximate surface area is 63.4 Å². The van der Waals surface area contributed by atoms with Gasteiger partial charge in [-0.05, 0) is 0 Å². The molecule has 3 N–H and O–H groups in total. The number of aliphatic hydroxyl groups is 3. The highest BCUT2D eigenvalue weighted by atomic mass is 16.4. The first kappa shape index (κ1) is 7.15. The molecule has 0 aromatic heterocycles. The summed E-state index contributed by atoms with van der Waals surface area (Å²) in [5.74, 6) is 0. The van der Waals surface area contributed by atoms with Crippen molar-refractivity contribution in [3.63, 3.8) is 0 Å². The molecule has 0 aromatic carbocycles. The molecular formula is C6H10N2O3. The summed E-state index contributed by atoms with van der Waals surface area (Å²) in [6, 6.07) is -0.614. The summed E-state index contributed by atoms with van der Waals surface area (Å²) in [5.41, 5.74) is 0. The van der Waals surface area contributed by atoms with Crippen LogP contribution in [0.2, 0.25) is 0 Å². The predicted octanol–water partition coefficient (Wildman–Crippen LogP) is -1.32. The van der Waals surface area contributed by atoms with E-state index in [2.05, 4.69) is 10.2 Å². The lowest BCUT2D eigenvalue weighted by Gasteiger charge is -2.31. The van der Waals surface area contributed by atoms with Crippen molar-refractivity contribution in [2.75, 3.05) is 0 Å². The van der Waals surface area contributed by atoms with E-state index in [1.807, 2.05) is 0 Å². The zero-order chi connectivity index (χ0) is 8.01. The van der Waals surface area contributed by atoms with Crippen LogP contribution >= 0.6 is 0 Å². The van der Waals surface area contributed by atoms with E-state index in [4.69, 9.17) is 0 Å². The fourth-order valence-corrected chi connectivity index (χ4v) is 1.59. The van der Waals surface area contributed by atoms with Crippen molar-refractivity contribution in [1.82, 2.24) is 0 Å². The molecule has 5 heteroatoms. The highest BCUT2D eigenvalue weighted by Crippen LogP contribution is 2.30. The quantitative estimate of drug-likeness (QED) is 0.408. The maximum absolute atomic E-state index is 9.27. The third-order valence-corrected chi connectivity index (χ3v) is 2.33. The number of fused-ring (bicyclic) bond motifs is 2. The number of hydrogen-bond donors (Lipinski definition) is 3. The van der Waals surface area contributed by atoms with Gasteiger partial charge in [0.15, 0.2) is 0 Å². The van der Waals surface area contributed by atoms with E-state index in [0.29, 0.717) is 6.42 Å². The summed E-state index contributed by atoms with van der Waals surface area (Å²) in [4.78, 5) is 0. The van der Waals surface area contributed by atoms with E-state index >= 15 is 0 Å². The topological polar surface area (TPSA) is 85.4 Å². The Kier molecular flexibility index (Phi) is 1.45. The highest BCUT2D eigenvalue weighted by molar-refractivity contribution is 5.01. The van der Waals surface area contributed by atoms with E-state index in [1.54, 1.807) is 0 Å². The van der Waals surface area contributed by atoms with E-state index < -0.39 is 18.3 Å². The summed E-state index contributed by atoms with van der Waals surface area (Å²) in [7, 11) is 0. The summed E-state index contributed by atoms with van der Waals surface area (Å²) in [6.45, 7) is 0. The Balaban J connectivity index is 2.22. The summed E-state index contributed by atoms with van der Waals surface area (Å²) < 4.78 is 0. The average Bonchev–Trinajstić information content (AvgIpc) is 2.44. The van der Waals surface area contributed by atoms with Gasteiger partial charge in [0, 0.05) is 6.42 Å². The smallest absolute Gasteiger partial charge is 0.110 e. The van der Waals surface area contributed by atoms with Gasteiger partial charge in [0.2, 0.25) is 0 Å². The van der Waals surface area contributed by atoms with Gasteiger partial charge in [-0.3, -0.25) is 0 Å². The maximum atomic E-state index is 9.27. The van der Waals surface area contributed by atoms with Crippen LogP contribution in [0.4, 0.5) is 0 Å². The number of nitrogens with zero attached hydrogens (tertiary/aromatic N) is 2. The number of rotatable bonds is 0. The van der Waals surface area contributed by atoms with Crippen LogP contribution in [0.25, 0.3) is 0 Å². The van der Waals surface area contributed by atoms with E-state index in [1.165, 1.54) is 0 Å². The van der Waals surface area contributed by atoms with E-state index in [9.17, 15) is 15.3 Å². The van der Waals surface area contributed by atoms with E-state index in [0.717, 1.165) is 0 Å². The van der Waals surface area contributed by atoms with Crippen LogP contribution < -0.4 is 0 Å². The molecule has 0 radical (unpaired) electrons. The SMILES string of the molecule is OC1C2CC(N=N2)C(O)C1O. The molecule has 1 saturated carbocycles. The molecule has 1 fully saturated rings. The Morgan fingerprint density at radius 1 is 0.818 bits per heavy atom. The Bertz CT molecular complexity index is 178. The van der Waals surface area contributed by atoms with Gasteiger partial charge in [-0.15, -0.1) is 0 Å². The molecule has 4 atom stereocenters. The van der Waals surface area contributed by atoms with Gasteiger partial charge in [0.05, 0.1) is 0 Å². The van der Waals surface area contributed by atoms with Crippen LogP contribution in [0.15, 0.2) is 10.2 Å². The summed E-state index contributed by atoms with van der Waals surface area (Å²) in [5, 5.41) is 35.2. The molecule has 5 nitrogen and oxygen atoms in total. The van der Waals surface area contributed by atoms with Gasteiger partial charge in [-0.1, -0.05) is 0 Å². The molecule has 1 aliphatic carbocycles. The third-order valence-electron chi connectivity index (χ3n) is 2.33. The van der Waals surface area contributed by atoms with Crippen LogP contribution in [0.1, 0.15) is 6.42 Å². The summed E-state index contributed by atoms with van der Waals surface area (Å²) >= 11 is 0. The minimum atomic E-state index is -1.09. The largest absolute Gasteiger partial charge is 0.388 e. The minimum Gasteiger partial charge on any atom is -0.388 e. The van der Waals surface area contributed by atoms with Crippen LogP contribution in [-0.4, -0.2) is 45.7 Å². The lowest BCUT2D eigenvalue weighted by Crippen LogP contribution is -2.52. The molecule has 0 amide bonds. The maximum Gasteiger partial charge on any atom is 0.110 e. The number of aliphatic hydroxyl groups excluding tert-OH is 3. The normalized spacial score (nSPS) is 55.0. The molecular weight excluding hydrogens is 148 g/mol. The Morgan fingerprint density at radius 3 is 1.73 bits per heavy atom. The van der Waals surface area contributed by atoms with Crippen LogP contribution in [0.5, 0.6) is 0 Å². The monoisotopic (exact) mass is 158 g/mol. The van der Waals surface area contributed by atoms with Crippen molar-refractivity contribution >= 4 is 0 Å². The van der Waals surface area contributed by atoms with Gasteiger partial charge in [-0.2, -0.15) is 10.2 Å². The molecule has 4 unspecified atom stereocenters. The second kappa shape index (κ2) is 2.23. The Hall–Kier alpha value is -0.520. The zero-order valence-electron chi connectivity index (χ0n) is 5.83. The molecule has 0 saturated heterocycles. The first-order valence-electron chi connectivity index (χ1n) is 3.64. The highest BCUT2D eigenvalue weighted by Gasteiger charge is 2.46. The first-order chi connectivity index (χ1) is 5.20. The van der Waals surface area contributed by atoms with Crippen LogP contribution in [0, 0.1) is 0 Å². The second-order valence-electron chi connectivity index (χ2n) is 3.07. The van der Waals surface area contributed by atoms with Crippen LogP contribution in [-0.2, 0) is 0 Å². The Morgan fingerprint density at radius 2 is 1.27 bits per heavy atom. The second-order valence-corrected chi connectivity index (χ2v) is 3.07. The van der Waals surface area contributed by atoms with Gasteiger partial charge < -0.3 is 15.3 Å². The number of hydrogen-bond acceptors (Lipinski definition) is 5. The fraction of sp³-hybridized carbons (Fsp3) is 1.00. The predicted molar refractivity (Wildman–Crippen MR) is 35.1 cm³/mol. The molecule has 2 aliphatic rings. The molecule has 2 bridgehead atoms. The standard InChI is InChI=1S/C6H10N2O3/c9-4-2-1-3(8-7-2)5(10)6(4)11/h2-6,9-11H,1H2. The lowest BCUT2D eigenvalue weighted by molar-refractivity contribution is -0.0907. The molecule has 11 heavy (non-hydrogen) atoms. The summed E-state index contributed by atoms with van der Waals surface area (Å²) in [6.07, 6.45) is -2.44. The van der Waals surface area contributed by atoms with Gasteiger partial charge in [0.1, 0.15) is 30.4 Å². The number of azo groups is 1. The molecule has 1 heterocycles. The molecule has 62 valence electrons. The first-order valence-corrected chi connectivity index (χ1v) is 3.64. The van der Waals surface area contributed by atoms with Crippen molar-refractivity contribution in [1.29, 1.82) is 0 Å². The van der Waals surface area contributed by atoms with Crippen LogP contribution in [0.3, 0.4) is 0 Å². The zero-order valence-corrected chi connectivity index (χ0v) is 5.83. The van der Waals surface area contributed by atoms with Crippen molar-refractivity contribution in [2.45, 2.75) is 36.8 Å². The molecule has 0 spiro atoms. The van der Waals surface area contributed by atoms with Gasteiger partial charge in [-0.25, -0.2) is 0 Å². The molecule has 1 aliphatic heterocycles. The van der Waals surface area contributed by atoms with Gasteiger partial charge >= 0.3 is 0 Å². The lowest BCUT2D eigenvalue weighted by atomic mass is 9.86. The minimum absolute atomic E-state index is 0.307. The fourth-order valence-electron chi connectivity index (χ4n) is 1.59. The van der Waals surface area contributed by atoms with Crippen molar-refractivity contribution in [3.05, 3.63) is 0 Å². The van der Waals surface area contributed by atoms with Crippen molar-refractivity contribution in [2.24, 2.45) is 10.2 Å². The van der Waals surface area contributed by atoms with Crippen molar-refractivity contribution in [3.8, 4) is 0 Å². The van der Waals surface area contributed by atoms with Gasteiger partial charge in [0.25, 0.3) is 0 Å². The van der Waals surface area contributed by atoms with Crippen molar-refractivity contribution < 1.29 is 15.3 Å². The van der Waals surface area contributed by atoms with E-state index in [-0.39, 0.29) is 12.1 Å². The average molecular weight is 158 g/mol. The molecule has 0 aromatic rings.